The minimum Gasteiger partial charge on any atom is -0.502 e. The van der Waals surface area contributed by atoms with Gasteiger partial charge >= 0.3 is 5.69 Å². The number of anilines is 1. The number of rotatable bonds is 6. The second-order valence-electron chi connectivity index (χ2n) is 6.36. The molecule has 0 aliphatic carbocycles. The molecule has 0 spiro atoms. The van der Waals surface area contributed by atoms with Crippen LogP contribution in [0.2, 0.25) is 5.02 Å². The molecule has 3 aromatic carbocycles. The summed E-state index contributed by atoms with van der Waals surface area (Å²) < 4.78 is 0.359. The third-order valence-corrected chi connectivity index (χ3v) is 4.81. The number of amides is 2. The molecule has 0 bridgehead atoms. The summed E-state index contributed by atoms with van der Waals surface area (Å²) in [5.41, 5.74) is 2.74. The number of carbonyl (C=O) groups is 2. The molecule has 0 heterocycles. The largest absolute Gasteiger partial charge is 0.502 e. The van der Waals surface area contributed by atoms with Gasteiger partial charge in [0, 0.05) is 37.9 Å². The molecule has 0 saturated heterocycles. The number of hydrogen-bond acceptors (Lipinski definition) is 6. The van der Waals surface area contributed by atoms with Crippen LogP contribution in [0.1, 0.15) is 26.3 Å². The van der Waals surface area contributed by atoms with Gasteiger partial charge in [-0.2, -0.15) is 5.10 Å². The number of nitro benzene ring substituents is 1. The second kappa shape index (κ2) is 10.0. The predicted octanol–water partition coefficient (Wildman–Crippen LogP) is 4.73. The van der Waals surface area contributed by atoms with Gasteiger partial charge in [0.25, 0.3) is 11.8 Å². The number of nitro groups is 1. The maximum absolute atomic E-state index is 12.4. The van der Waals surface area contributed by atoms with Gasteiger partial charge in [-0.1, -0.05) is 39.7 Å². The Morgan fingerprint density at radius 3 is 2.44 bits per heavy atom. The van der Waals surface area contributed by atoms with Gasteiger partial charge in [-0.15, -0.1) is 0 Å². The fraction of sp³-hybridized carbons (Fsp3) is 0. The highest BCUT2D eigenvalue weighted by atomic mass is 79.9. The van der Waals surface area contributed by atoms with Crippen molar-refractivity contribution < 1.29 is 19.6 Å². The maximum Gasteiger partial charge on any atom is 0.312 e. The lowest BCUT2D eigenvalue weighted by molar-refractivity contribution is -0.385. The van der Waals surface area contributed by atoms with E-state index in [2.05, 4.69) is 31.8 Å². The van der Waals surface area contributed by atoms with E-state index in [0.717, 1.165) is 12.3 Å². The maximum atomic E-state index is 12.4. The second-order valence-corrected chi connectivity index (χ2v) is 7.72. The van der Waals surface area contributed by atoms with Gasteiger partial charge in [0.05, 0.1) is 11.1 Å². The van der Waals surface area contributed by atoms with Crippen molar-refractivity contribution in [1.82, 2.24) is 5.43 Å². The molecule has 0 radical (unpaired) electrons. The molecule has 0 aliphatic heterocycles. The number of nitrogens with zero attached hydrogens (tertiary/aromatic N) is 2. The predicted molar refractivity (Wildman–Crippen MR) is 123 cm³/mol. The van der Waals surface area contributed by atoms with E-state index in [1.807, 2.05) is 0 Å². The molecule has 11 heteroatoms. The molecule has 162 valence electrons. The molecule has 0 aromatic heterocycles. The lowest BCUT2D eigenvalue weighted by Crippen LogP contribution is -2.18. The highest BCUT2D eigenvalue weighted by molar-refractivity contribution is 9.10. The van der Waals surface area contributed by atoms with Crippen LogP contribution in [0.3, 0.4) is 0 Å². The van der Waals surface area contributed by atoms with E-state index < -0.39 is 28.2 Å². The Hall–Kier alpha value is -3.76. The van der Waals surface area contributed by atoms with Gasteiger partial charge in [0.15, 0.2) is 0 Å². The van der Waals surface area contributed by atoms with Crippen LogP contribution in [0.4, 0.5) is 11.4 Å². The molecule has 0 aliphatic rings. The number of hydrogen-bond donors (Lipinski definition) is 3. The monoisotopic (exact) mass is 516 g/mol. The number of aromatic hydroxyl groups is 1. The van der Waals surface area contributed by atoms with Crippen molar-refractivity contribution in [2.75, 3.05) is 5.32 Å². The van der Waals surface area contributed by atoms with Crippen LogP contribution in [0.25, 0.3) is 0 Å². The van der Waals surface area contributed by atoms with Gasteiger partial charge < -0.3 is 10.4 Å². The summed E-state index contributed by atoms with van der Waals surface area (Å²) in [6.45, 7) is 0. The molecule has 0 unspecified atom stereocenters. The zero-order chi connectivity index (χ0) is 23.3. The van der Waals surface area contributed by atoms with E-state index in [-0.39, 0.29) is 11.1 Å². The van der Waals surface area contributed by atoms with Crippen molar-refractivity contribution in [2.24, 2.45) is 5.10 Å². The van der Waals surface area contributed by atoms with Gasteiger partial charge in [0.1, 0.15) is 0 Å². The molecule has 9 nitrogen and oxygen atoms in total. The van der Waals surface area contributed by atoms with Crippen LogP contribution in [0.15, 0.2) is 70.2 Å². The fourth-order valence-corrected chi connectivity index (χ4v) is 3.29. The van der Waals surface area contributed by atoms with Crippen molar-refractivity contribution in [3.63, 3.8) is 0 Å². The van der Waals surface area contributed by atoms with E-state index >= 15 is 0 Å². The number of benzene rings is 3. The van der Waals surface area contributed by atoms with Gasteiger partial charge in [-0.3, -0.25) is 19.7 Å². The van der Waals surface area contributed by atoms with Gasteiger partial charge in [-0.25, -0.2) is 5.43 Å². The third-order valence-electron chi connectivity index (χ3n) is 4.12. The topological polar surface area (TPSA) is 134 Å². The van der Waals surface area contributed by atoms with E-state index in [0.29, 0.717) is 20.7 Å². The number of hydrazone groups is 1. The summed E-state index contributed by atoms with van der Waals surface area (Å²) in [7, 11) is 0. The Labute approximate surface area is 195 Å². The van der Waals surface area contributed by atoms with Crippen molar-refractivity contribution in [3.8, 4) is 5.75 Å². The third kappa shape index (κ3) is 5.68. The van der Waals surface area contributed by atoms with Crippen LogP contribution in [0, 0.1) is 10.1 Å². The molecule has 3 N–H and O–H groups in total. The molecular formula is C21H14BrClN4O5. The Morgan fingerprint density at radius 1 is 1.06 bits per heavy atom. The first-order valence-electron chi connectivity index (χ1n) is 8.92. The number of carbonyl (C=O) groups excluding carboxylic acids is 2. The first kappa shape index (κ1) is 22.9. The lowest BCUT2D eigenvalue weighted by Gasteiger charge is -2.07. The van der Waals surface area contributed by atoms with E-state index in [4.69, 9.17) is 11.6 Å². The van der Waals surface area contributed by atoms with Crippen molar-refractivity contribution >= 4 is 56.9 Å². The summed E-state index contributed by atoms with van der Waals surface area (Å²) in [4.78, 5) is 35.0. The molecule has 0 fully saturated rings. The summed E-state index contributed by atoms with van der Waals surface area (Å²) in [5, 5.41) is 27.8. The van der Waals surface area contributed by atoms with E-state index in [1.54, 1.807) is 30.3 Å². The summed E-state index contributed by atoms with van der Waals surface area (Å²) >= 11 is 9.01. The number of halogens is 2. The van der Waals surface area contributed by atoms with Crippen LogP contribution in [-0.2, 0) is 0 Å². The van der Waals surface area contributed by atoms with Gasteiger partial charge in [-0.05, 0) is 42.5 Å². The van der Waals surface area contributed by atoms with Crippen LogP contribution in [0.5, 0.6) is 5.75 Å². The molecule has 0 saturated carbocycles. The smallest absolute Gasteiger partial charge is 0.312 e. The first-order valence-corrected chi connectivity index (χ1v) is 10.1. The van der Waals surface area contributed by atoms with Crippen molar-refractivity contribution in [2.45, 2.75) is 0 Å². The number of phenolic OH excluding ortho intramolecular Hbond substituents is 1. The Balaban J connectivity index is 1.70. The molecule has 2 amide bonds. The van der Waals surface area contributed by atoms with Crippen LogP contribution >= 0.6 is 27.5 Å². The SMILES string of the molecule is O=C(NN=Cc1cc(Br)cc([N+](=O)[O-])c1O)c1cccc(NC(=O)c2cccc(Cl)c2)c1. The minimum absolute atomic E-state index is 0.0360. The fourth-order valence-electron chi connectivity index (χ4n) is 2.64. The van der Waals surface area contributed by atoms with Gasteiger partial charge in [0.2, 0.25) is 5.75 Å². The Bertz CT molecular complexity index is 1250. The average molecular weight is 518 g/mol. The minimum atomic E-state index is -0.737. The Morgan fingerprint density at radius 2 is 1.75 bits per heavy atom. The molecule has 32 heavy (non-hydrogen) atoms. The van der Waals surface area contributed by atoms with E-state index in [1.165, 1.54) is 24.3 Å². The summed E-state index contributed by atoms with van der Waals surface area (Å²) in [6, 6.07) is 15.1. The molecular weight excluding hydrogens is 504 g/mol. The lowest BCUT2D eigenvalue weighted by atomic mass is 10.1. The molecule has 3 aromatic rings. The number of phenols is 1. The van der Waals surface area contributed by atoms with Crippen molar-refractivity contribution in [1.29, 1.82) is 0 Å². The average Bonchev–Trinajstić information content (AvgIpc) is 2.75. The summed E-state index contributed by atoms with van der Waals surface area (Å²) in [5.74, 6) is -1.57. The highest BCUT2D eigenvalue weighted by Crippen LogP contribution is 2.32. The number of nitrogens with one attached hydrogen (secondary N) is 2. The van der Waals surface area contributed by atoms with Crippen molar-refractivity contribution in [3.05, 3.63) is 97.0 Å². The quantitative estimate of drug-likeness (QED) is 0.247. The summed E-state index contributed by atoms with van der Waals surface area (Å²) in [6.07, 6.45) is 1.08. The van der Waals surface area contributed by atoms with Crippen LogP contribution < -0.4 is 10.7 Å². The molecule has 0 atom stereocenters. The Kier molecular flexibility index (Phi) is 7.18. The zero-order valence-corrected chi connectivity index (χ0v) is 18.4. The standard InChI is InChI=1S/C21H14BrClN4O5/c22-15-7-14(19(28)18(10-15)27(31)32)11-24-26-21(30)13-4-2-6-17(9-13)25-20(29)12-3-1-5-16(23)8-12/h1-11,28H,(H,25,29)(H,26,30). The van der Waals surface area contributed by atoms with E-state index in [9.17, 15) is 24.8 Å². The first-order chi connectivity index (χ1) is 15.2. The van der Waals surface area contributed by atoms with Crippen LogP contribution in [-0.4, -0.2) is 28.1 Å². The zero-order valence-electron chi connectivity index (χ0n) is 16.1. The highest BCUT2D eigenvalue weighted by Gasteiger charge is 2.17. The normalized spacial score (nSPS) is 10.7. The molecule has 3 rings (SSSR count).